The predicted octanol–water partition coefficient (Wildman–Crippen LogP) is 3.53. The van der Waals surface area contributed by atoms with Crippen LogP contribution in [0.1, 0.15) is 27.0 Å². The summed E-state index contributed by atoms with van der Waals surface area (Å²) in [5, 5.41) is 0. The maximum absolute atomic E-state index is 11.0. The smallest absolute Gasteiger partial charge is 0.248 e. The van der Waals surface area contributed by atoms with Crippen molar-refractivity contribution in [3.8, 4) is 0 Å². The Hall–Kier alpha value is -1.74. The van der Waals surface area contributed by atoms with E-state index in [2.05, 4.69) is 31.2 Å². The first-order valence-electron chi connectivity index (χ1n) is 6.17. The summed E-state index contributed by atoms with van der Waals surface area (Å²) in [4.78, 5) is 11.0. The molecular formula is C16H17NOS. The van der Waals surface area contributed by atoms with Gasteiger partial charge < -0.3 is 5.73 Å². The summed E-state index contributed by atoms with van der Waals surface area (Å²) in [5.74, 6) is 1.56. The van der Waals surface area contributed by atoms with E-state index in [9.17, 15) is 4.79 Å². The van der Waals surface area contributed by atoms with Gasteiger partial charge in [-0.2, -0.15) is 11.8 Å². The molecule has 3 heteroatoms. The minimum atomic E-state index is -0.376. The Balaban J connectivity index is 1.87. The molecule has 0 heterocycles. The highest BCUT2D eigenvalue weighted by atomic mass is 32.2. The van der Waals surface area contributed by atoms with Gasteiger partial charge in [0.1, 0.15) is 0 Å². The largest absolute Gasteiger partial charge is 0.366 e. The highest BCUT2D eigenvalue weighted by molar-refractivity contribution is 7.97. The minimum absolute atomic E-state index is 0.376. The van der Waals surface area contributed by atoms with E-state index in [1.807, 2.05) is 23.9 Å². The summed E-state index contributed by atoms with van der Waals surface area (Å²) in [7, 11) is 0. The van der Waals surface area contributed by atoms with E-state index < -0.39 is 0 Å². The van der Waals surface area contributed by atoms with Crippen LogP contribution in [-0.2, 0) is 11.5 Å². The molecule has 0 radical (unpaired) electrons. The lowest BCUT2D eigenvalue weighted by molar-refractivity contribution is 0.100. The van der Waals surface area contributed by atoms with Crippen LogP contribution in [0.25, 0.3) is 0 Å². The van der Waals surface area contributed by atoms with E-state index >= 15 is 0 Å². The van der Waals surface area contributed by atoms with E-state index in [0.717, 1.165) is 11.5 Å². The van der Waals surface area contributed by atoms with Crippen LogP contribution < -0.4 is 5.73 Å². The number of nitrogens with two attached hydrogens (primary N) is 1. The topological polar surface area (TPSA) is 43.1 Å². The summed E-state index contributed by atoms with van der Waals surface area (Å²) in [6, 6.07) is 16.0. The molecule has 0 aliphatic heterocycles. The lowest BCUT2D eigenvalue weighted by atomic mass is 10.1. The number of benzene rings is 2. The average molecular weight is 271 g/mol. The molecule has 0 unspecified atom stereocenters. The maximum atomic E-state index is 11.0. The van der Waals surface area contributed by atoms with Crippen LogP contribution in [0.3, 0.4) is 0 Å². The minimum Gasteiger partial charge on any atom is -0.366 e. The molecule has 0 aliphatic rings. The van der Waals surface area contributed by atoms with Crippen molar-refractivity contribution in [1.82, 2.24) is 0 Å². The van der Waals surface area contributed by atoms with E-state index in [1.165, 1.54) is 16.7 Å². The normalized spacial score (nSPS) is 10.4. The van der Waals surface area contributed by atoms with Gasteiger partial charge in [0.2, 0.25) is 5.91 Å². The first kappa shape index (κ1) is 13.7. The molecule has 2 rings (SSSR count). The van der Waals surface area contributed by atoms with Gasteiger partial charge >= 0.3 is 0 Å². The fraction of sp³-hybridized carbons (Fsp3) is 0.188. The van der Waals surface area contributed by atoms with Crippen LogP contribution in [0.15, 0.2) is 48.5 Å². The van der Waals surface area contributed by atoms with Gasteiger partial charge in [0.25, 0.3) is 0 Å². The Bertz CT molecular complexity index is 563. The molecule has 1 amide bonds. The molecule has 0 aromatic heterocycles. The molecular weight excluding hydrogens is 254 g/mol. The number of primary amides is 1. The fourth-order valence-electron chi connectivity index (χ4n) is 1.85. The molecule has 2 nitrogen and oxygen atoms in total. The Morgan fingerprint density at radius 2 is 1.74 bits per heavy atom. The Labute approximate surface area is 118 Å². The zero-order chi connectivity index (χ0) is 13.7. The van der Waals surface area contributed by atoms with Gasteiger partial charge in [-0.15, -0.1) is 0 Å². The Kier molecular flexibility index (Phi) is 4.63. The molecule has 0 saturated heterocycles. The monoisotopic (exact) mass is 271 g/mol. The summed E-state index contributed by atoms with van der Waals surface area (Å²) in [5.41, 5.74) is 9.62. The van der Waals surface area contributed by atoms with Crippen molar-refractivity contribution in [3.63, 3.8) is 0 Å². The third kappa shape index (κ3) is 4.14. The van der Waals surface area contributed by atoms with E-state index in [1.54, 1.807) is 12.1 Å². The first-order valence-corrected chi connectivity index (χ1v) is 7.32. The van der Waals surface area contributed by atoms with Crippen LogP contribution in [0.2, 0.25) is 0 Å². The lowest BCUT2D eigenvalue weighted by Crippen LogP contribution is -2.10. The van der Waals surface area contributed by atoms with Gasteiger partial charge in [-0.25, -0.2) is 0 Å². The third-order valence-corrected chi connectivity index (χ3v) is 3.93. The zero-order valence-electron chi connectivity index (χ0n) is 10.9. The molecule has 0 aliphatic carbocycles. The van der Waals surface area contributed by atoms with E-state index in [0.29, 0.717) is 5.56 Å². The van der Waals surface area contributed by atoms with Gasteiger partial charge in [0.05, 0.1) is 0 Å². The van der Waals surface area contributed by atoms with Gasteiger partial charge in [0.15, 0.2) is 0 Å². The van der Waals surface area contributed by atoms with Gasteiger partial charge in [-0.3, -0.25) is 4.79 Å². The summed E-state index contributed by atoms with van der Waals surface area (Å²) >= 11 is 1.87. The van der Waals surface area contributed by atoms with Crippen molar-refractivity contribution in [2.75, 3.05) is 0 Å². The zero-order valence-corrected chi connectivity index (χ0v) is 11.7. The Morgan fingerprint density at radius 3 is 2.37 bits per heavy atom. The van der Waals surface area contributed by atoms with Crippen LogP contribution in [0.4, 0.5) is 0 Å². The summed E-state index contributed by atoms with van der Waals surface area (Å²) in [6.07, 6.45) is 0. The highest BCUT2D eigenvalue weighted by Gasteiger charge is 2.00. The molecule has 0 atom stereocenters. The van der Waals surface area contributed by atoms with Gasteiger partial charge in [-0.1, -0.05) is 42.0 Å². The van der Waals surface area contributed by atoms with Crippen LogP contribution in [0, 0.1) is 6.92 Å². The number of carbonyl (C=O) groups excluding carboxylic acids is 1. The average Bonchev–Trinajstić information content (AvgIpc) is 2.39. The van der Waals surface area contributed by atoms with Crippen molar-refractivity contribution < 1.29 is 4.79 Å². The van der Waals surface area contributed by atoms with Gasteiger partial charge in [-0.05, 0) is 30.2 Å². The van der Waals surface area contributed by atoms with E-state index in [-0.39, 0.29) is 5.91 Å². The van der Waals surface area contributed by atoms with Crippen molar-refractivity contribution in [2.24, 2.45) is 5.73 Å². The first-order chi connectivity index (χ1) is 9.15. The highest BCUT2D eigenvalue weighted by Crippen LogP contribution is 2.18. The fourth-order valence-corrected chi connectivity index (χ4v) is 2.80. The number of rotatable bonds is 5. The van der Waals surface area contributed by atoms with Gasteiger partial charge in [0, 0.05) is 17.1 Å². The predicted molar refractivity (Wildman–Crippen MR) is 81.1 cm³/mol. The second kappa shape index (κ2) is 6.43. The number of hydrogen-bond acceptors (Lipinski definition) is 2. The van der Waals surface area contributed by atoms with Crippen molar-refractivity contribution in [2.45, 2.75) is 18.4 Å². The molecule has 0 spiro atoms. The number of carbonyl (C=O) groups is 1. The van der Waals surface area contributed by atoms with Crippen LogP contribution in [0.5, 0.6) is 0 Å². The Morgan fingerprint density at radius 1 is 1.05 bits per heavy atom. The molecule has 0 fully saturated rings. The third-order valence-electron chi connectivity index (χ3n) is 2.86. The second-order valence-corrected chi connectivity index (χ2v) is 5.53. The standard InChI is InChI=1S/C16H17NOS/c1-12-3-2-4-14(9-12)11-19-10-13-5-7-15(8-6-13)16(17)18/h2-9H,10-11H2,1H3,(H2,17,18). The molecule has 2 aromatic rings. The van der Waals surface area contributed by atoms with Crippen LogP contribution in [-0.4, -0.2) is 5.91 Å². The molecule has 0 bridgehead atoms. The van der Waals surface area contributed by atoms with Crippen LogP contribution >= 0.6 is 11.8 Å². The summed E-state index contributed by atoms with van der Waals surface area (Å²) in [6.45, 7) is 2.11. The second-order valence-electron chi connectivity index (χ2n) is 4.54. The molecule has 2 N–H and O–H groups in total. The molecule has 2 aromatic carbocycles. The molecule has 0 saturated carbocycles. The summed E-state index contributed by atoms with van der Waals surface area (Å²) < 4.78 is 0. The quantitative estimate of drug-likeness (QED) is 0.904. The van der Waals surface area contributed by atoms with Crippen molar-refractivity contribution in [3.05, 3.63) is 70.8 Å². The number of aryl methyl sites for hydroxylation is 1. The lowest BCUT2D eigenvalue weighted by Gasteiger charge is -2.04. The van der Waals surface area contributed by atoms with E-state index in [4.69, 9.17) is 5.73 Å². The SMILES string of the molecule is Cc1cccc(CSCc2ccc(C(N)=O)cc2)c1. The molecule has 98 valence electrons. The number of amides is 1. The number of hydrogen-bond donors (Lipinski definition) is 1. The maximum Gasteiger partial charge on any atom is 0.248 e. The van der Waals surface area contributed by atoms with Crippen molar-refractivity contribution in [1.29, 1.82) is 0 Å². The number of thioether (sulfide) groups is 1. The van der Waals surface area contributed by atoms with Crippen molar-refractivity contribution >= 4 is 17.7 Å². The molecule has 19 heavy (non-hydrogen) atoms.